The molecule has 0 N–H and O–H groups in total. The average molecular weight is 730 g/mol. The van der Waals surface area contributed by atoms with E-state index in [4.69, 9.17) is 0 Å². The normalized spacial score (nSPS) is 14.2. The Morgan fingerprint density at radius 1 is 0.368 bits per heavy atom. The molecule has 0 saturated heterocycles. The molecule has 9 aromatic carbocycles. The minimum atomic E-state index is -0.179. The third-order valence-corrected chi connectivity index (χ3v) is 13.0. The summed E-state index contributed by atoms with van der Waals surface area (Å²) in [5, 5.41) is 5.11. The van der Waals surface area contributed by atoms with Crippen molar-refractivity contribution in [1.29, 1.82) is 0 Å². The zero-order valence-corrected chi connectivity index (χ0v) is 32.8. The largest absolute Gasteiger partial charge is 0.310 e. The topological polar surface area (TPSA) is 3.24 Å². The van der Waals surface area contributed by atoms with E-state index in [1.54, 1.807) is 0 Å². The van der Waals surface area contributed by atoms with Crippen molar-refractivity contribution in [1.82, 2.24) is 0 Å². The van der Waals surface area contributed by atoms with Gasteiger partial charge >= 0.3 is 0 Å². The Labute approximate surface area is 335 Å². The van der Waals surface area contributed by atoms with Crippen LogP contribution in [0.1, 0.15) is 49.9 Å². The molecule has 57 heavy (non-hydrogen) atoms. The van der Waals surface area contributed by atoms with Crippen molar-refractivity contribution >= 4 is 38.6 Å². The van der Waals surface area contributed by atoms with Crippen molar-refractivity contribution in [3.63, 3.8) is 0 Å². The van der Waals surface area contributed by atoms with Gasteiger partial charge in [0.2, 0.25) is 0 Å². The van der Waals surface area contributed by atoms with E-state index in [1.807, 2.05) is 0 Å². The maximum absolute atomic E-state index is 2.46. The summed E-state index contributed by atoms with van der Waals surface area (Å²) in [6.07, 6.45) is 0. The second-order valence-electron chi connectivity index (χ2n) is 16.9. The lowest BCUT2D eigenvalue weighted by Crippen LogP contribution is -2.25. The summed E-state index contributed by atoms with van der Waals surface area (Å²) in [7, 11) is 0. The first-order chi connectivity index (χ1) is 27.8. The number of nitrogens with zero attached hydrogens (tertiary/aromatic N) is 1. The molecule has 0 atom stereocenters. The molecule has 0 heterocycles. The molecule has 1 heteroatoms. The van der Waals surface area contributed by atoms with Gasteiger partial charge in [-0.2, -0.15) is 0 Å². The van der Waals surface area contributed by atoms with Gasteiger partial charge in [0.05, 0.1) is 5.69 Å². The minimum Gasteiger partial charge on any atom is -0.310 e. The van der Waals surface area contributed by atoms with Crippen LogP contribution in [-0.4, -0.2) is 0 Å². The summed E-state index contributed by atoms with van der Waals surface area (Å²) >= 11 is 0. The highest BCUT2D eigenvalue weighted by Gasteiger charge is 2.38. The Hall–Kier alpha value is -6.70. The van der Waals surface area contributed by atoms with Gasteiger partial charge in [-0.1, -0.05) is 185 Å². The smallest absolute Gasteiger partial charge is 0.0540 e. The minimum absolute atomic E-state index is 0.0994. The summed E-state index contributed by atoms with van der Waals surface area (Å²) in [6, 6.07) is 70.0. The van der Waals surface area contributed by atoms with Crippen LogP contribution in [0.5, 0.6) is 0 Å². The highest BCUT2D eigenvalue weighted by molar-refractivity contribution is 6.10. The third-order valence-electron chi connectivity index (χ3n) is 13.0. The third kappa shape index (κ3) is 4.95. The predicted molar refractivity (Wildman–Crippen MR) is 242 cm³/mol. The van der Waals surface area contributed by atoms with E-state index in [0.717, 1.165) is 11.4 Å². The monoisotopic (exact) mass is 729 g/mol. The SMILES string of the molecule is CC1(C)c2ccccc2-c2ccc(N(c3ccc(-c4ccc5cccc6c5c4-c4cccc(-c5ccccc5)c4C6(C)C)cc3)c3cccc4ccccc34)cc21. The number of anilines is 3. The van der Waals surface area contributed by atoms with Crippen LogP contribution in [0.3, 0.4) is 0 Å². The number of hydrogen-bond acceptors (Lipinski definition) is 1. The molecule has 0 unspecified atom stereocenters. The molecular weight excluding hydrogens is 687 g/mol. The molecule has 0 amide bonds. The Kier molecular flexibility index (Phi) is 7.32. The van der Waals surface area contributed by atoms with E-state index in [-0.39, 0.29) is 10.8 Å². The van der Waals surface area contributed by atoms with Crippen LogP contribution in [0.15, 0.2) is 188 Å². The fourth-order valence-corrected chi connectivity index (χ4v) is 10.3. The van der Waals surface area contributed by atoms with Gasteiger partial charge < -0.3 is 4.90 Å². The molecule has 0 saturated carbocycles. The molecule has 0 bridgehead atoms. The summed E-state index contributed by atoms with van der Waals surface area (Å²) in [4.78, 5) is 2.46. The Balaban J connectivity index is 1.10. The van der Waals surface area contributed by atoms with Crippen molar-refractivity contribution in [3.8, 4) is 44.5 Å². The van der Waals surface area contributed by atoms with Gasteiger partial charge in [0.15, 0.2) is 0 Å². The highest BCUT2D eigenvalue weighted by atomic mass is 15.1. The molecular formula is C56H43N. The van der Waals surface area contributed by atoms with Crippen LogP contribution < -0.4 is 4.90 Å². The Morgan fingerprint density at radius 3 is 1.82 bits per heavy atom. The second-order valence-corrected chi connectivity index (χ2v) is 16.9. The quantitative estimate of drug-likeness (QED) is 0.170. The second kappa shape index (κ2) is 12.4. The zero-order chi connectivity index (χ0) is 38.5. The molecule has 2 aliphatic carbocycles. The van der Waals surface area contributed by atoms with E-state index in [9.17, 15) is 0 Å². The van der Waals surface area contributed by atoms with Crippen LogP contribution in [0, 0.1) is 0 Å². The first-order valence-corrected chi connectivity index (χ1v) is 20.2. The lowest BCUT2D eigenvalue weighted by molar-refractivity contribution is 0.647. The Bertz CT molecular complexity index is 3050. The molecule has 0 spiro atoms. The molecule has 272 valence electrons. The van der Waals surface area contributed by atoms with E-state index in [0.29, 0.717) is 0 Å². The first-order valence-electron chi connectivity index (χ1n) is 20.2. The molecule has 11 rings (SSSR count). The van der Waals surface area contributed by atoms with E-state index >= 15 is 0 Å². The molecule has 2 aliphatic rings. The lowest BCUT2D eigenvalue weighted by Gasteiger charge is -2.38. The van der Waals surface area contributed by atoms with Gasteiger partial charge in [-0.15, -0.1) is 0 Å². The number of rotatable bonds is 5. The van der Waals surface area contributed by atoms with E-state index in [1.165, 1.54) is 94.0 Å². The molecule has 0 aromatic heterocycles. The van der Waals surface area contributed by atoms with Crippen LogP contribution in [0.4, 0.5) is 17.1 Å². The Morgan fingerprint density at radius 2 is 0.965 bits per heavy atom. The van der Waals surface area contributed by atoms with Crippen LogP contribution >= 0.6 is 0 Å². The maximum atomic E-state index is 2.46. The molecule has 0 fully saturated rings. The number of hydrogen-bond donors (Lipinski definition) is 0. The lowest BCUT2D eigenvalue weighted by atomic mass is 9.65. The van der Waals surface area contributed by atoms with Gasteiger partial charge in [-0.25, -0.2) is 0 Å². The van der Waals surface area contributed by atoms with Crippen molar-refractivity contribution in [3.05, 3.63) is 210 Å². The van der Waals surface area contributed by atoms with E-state index in [2.05, 4.69) is 221 Å². The zero-order valence-electron chi connectivity index (χ0n) is 32.8. The summed E-state index contributed by atoms with van der Waals surface area (Å²) < 4.78 is 0. The van der Waals surface area contributed by atoms with Gasteiger partial charge in [0, 0.05) is 27.6 Å². The fraction of sp³-hybridized carbons (Fsp3) is 0.107. The van der Waals surface area contributed by atoms with Crippen LogP contribution in [0.25, 0.3) is 66.1 Å². The fourth-order valence-electron chi connectivity index (χ4n) is 10.3. The average Bonchev–Trinajstić information content (AvgIpc) is 3.48. The van der Waals surface area contributed by atoms with Crippen molar-refractivity contribution in [2.24, 2.45) is 0 Å². The first kappa shape index (κ1) is 33.6. The molecule has 9 aromatic rings. The van der Waals surface area contributed by atoms with Crippen molar-refractivity contribution in [2.75, 3.05) is 4.90 Å². The van der Waals surface area contributed by atoms with Crippen LogP contribution in [0.2, 0.25) is 0 Å². The molecule has 0 aliphatic heterocycles. The van der Waals surface area contributed by atoms with Crippen molar-refractivity contribution < 1.29 is 0 Å². The van der Waals surface area contributed by atoms with Gasteiger partial charge in [0.25, 0.3) is 0 Å². The summed E-state index contributed by atoms with van der Waals surface area (Å²) in [5.74, 6) is 0. The number of fused-ring (bicyclic) bond motifs is 6. The maximum Gasteiger partial charge on any atom is 0.0540 e. The highest BCUT2D eigenvalue weighted by Crippen LogP contribution is 2.55. The van der Waals surface area contributed by atoms with Gasteiger partial charge in [-0.3, -0.25) is 0 Å². The molecule has 0 radical (unpaired) electrons. The summed E-state index contributed by atoms with van der Waals surface area (Å²) in [5.41, 5.74) is 19.1. The molecule has 1 nitrogen and oxygen atoms in total. The van der Waals surface area contributed by atoms with E-state index < -0.39 is 0 Å². The van der Waals surface area contributed by atoms with Crippen molar-refractivity contribution in [2.45, 2.75) is 38.5 Å². The standard InChI is InChI=1S/C56H43N/c1-55(2)48-24-11-10-21-45(48)46-34-32-41(35-50(46)55)57(51-26-13-18-36-17-8-9-20-42(36)51)40-30-27-38(28-31-40)43-33-29-39-19-12-25-49-52(39)53(43)47-23-14-22-44(54(47)56(49,3)4)37-15-6-5-7-16-37/h5-35H,1-4H3. The van der Waals surface area contributed by atoms with Crippen LogP contribution in [-0.2, 0) is 10.8 Å². The number of benzene rings is 9. The predicted octanol–water partition coefficient (Wildman–Crippen LogP) is 15.4. The summed E-state index contributed by atoms with van der Waals surface area (Å²) in [6.45, 7) is 9.53. The van der Waals surface area contributed by atoms with Gasteiger partial charge in [0.1, 0.15) is 0 Å². The van der Waals surface area contributed by atoms with Gasteiger partial charge in [-0.05, 0) is 113 Å².